The van der Waals surface area contributed by atoms with Crippen molar-refractivity contribution in [1.82, 2.24) is 5.43 Å². The highest BCUT2D eigenvalue weighted by Crippen LogP contribution is 2.17. The highest BCUT2D eigenvalue weighted by Gasteiger charge is 2.09. The lowest BCUT2D eigenvalue weighted by Crippen LogP contribution is -2.19. The van der Waals surface area contributed by atoms with E-state index < -0.39 is 0 Å². The zero-order chi connectivity index (χ0) is 15.4. The van der Waals surface area contributed by atoms with Crippen molar-refractivity contribution < 1.29 is 4.79 Å². The van der Waals surface area contributed by atoms with Crippen LogP contribution in [0.25, 0.3) is 0 Å². The molecule has 3 nitrogen and oxygen atoms in total. The molecule has 2 aromatic rings. The minimum absolute atomic E-state index is 0.325. The van der Waals surface area contributed by atoms with Crippen LogP contribution in [0.4, 0.5) is 0 Å². The van der Waals surface area contributed by atoms with E-state index in [1.165, 1.54) is 0 Å². The second kappa shape index (κ2) is 6.87. The minimum Gasteiger partial charge on any atom is -0.267 e. The number of nitrogens with one attached hydrogen (secondary N) is 1. The van der Waals surface area contributed by atoms with Gasteiger partial charge in [0, 0.05) is 4.47 Å². The quantitative estimate of drug-likeness (QED) is 0.628. The number of carbonyl (C=O) groups is 1. The summed E-state index contributed by atoms with van der Waals surface area (Å²) >= 11 is 9.47. The van der Waals surface area contributed by atoms with E-state index in [0.29, 0.717) is 16.3 Å². The molecule has 0 bridgehead atoms. The molecule has 0 atom stereocenters. The average Bonchev–Trinajstić information content (AvgIpc) is 2.44. The Kier molecular flexibility index (Phi) is 5.15. The minimum atomic E-state index is -0.325. The van der Waals surface area contributed by atoms with Crippen molar-refractivity contribution >= 4 is 39.1 Å². The number of amides is 1. The topological polar surface area (TPSA) is 41.5 Å². The van der Waals surface area contributed by atoms with Crippen molar-refractivity contribution in [1.29, 1.82) is 0 Å². The summed E-state index contributed by atoms with van der Waals surface area (Å²) in [4.78, 5) is 12.1. The van der Waals surface area contributed by atoms with Crippen molar-refractivity contribution in [3.63, 3.8) is 0 Å². The smallest absolute Gasteiger partial charge is 0.267 e. The molecule has 2 rings (SSSR count). The van der Waals surface area contributed by atoms with Gasteiger partial charge < -0.3 is 0 Å². The second-order valence-electron chi connectivity index (χ2n) is 4.63. The van der Waals surface area contributed by atoms with Gasteiger partial charge in [0.15, 0.2) is 0 Å². The van der Waals surface area contributed by atoms with Crippen molar-refractivity contribution in [3.8, 4) is 0 Å². The van der Waals surface area contributed by atoms with Crippen LogP contribution in [0.5, 0.6) is 0 Å². The fraction of sp³-hybridized carbons (Fsp3) is 0.125. The fourth-order valence-electron chi connectivity index (χ4n) is 1.78. The molecule has 0 aliphatic heterocycles. The van der Waals surface area contributed by atoms with Crippen molar-refractivity contribution in [2.45, 2.75) is 13.8 Å². The first kappa shape index (κ1) is 15.7. The standard InChI is InChI=1S/C16H14BrClN2O/c1-10-6-7-14(15(18)8-10)16(21)20-19-11(2)12-4-3-5-13(17)9-12/h3-9H,1-2H3,(H,20,21)/b19-11+. The number of rotatable bonds is 3. The summed E-state index contributed by atoms with van der Waals surface area (Å²) in [7, 11) is 0. The third-order valence-electron chi connectivity index (χ3n) is 2.94. The van der Waals surface area contributed by atoms with Gasteiger partial charge in [-0.2, -0.15) is 5.10 Å². The number of carbonyl (C=O) groups excluding carboxylic acids is 1. The van der Waals surface area contributed by atoms with Crippen LogP contribution in [0.2, 0.25) is 5.02 Å². The van der Waals surface area contributed by atoms with Crippen LogP contribution in [-0.2, 0) is 0 Å². The first-order valence-corrected chi connectivity index (χ1v) is 7.51. The molecule has 21 heavy (non-hydrogen) atoms. The number of benzene rings is 2. The van der Waals surface area contributed by atoms with Gasteiger partial charge in [-0.05, 0) is 49.2 Å². The van der Waals surface area contributed by atoms with E-state index in [1.807, 2.05) is 44.2 Å². The molecule has 1 N–H and O–H groups in total. The summed E-state index contributed by atoms with van der Waals surface area (Å²) in [6.45, 7) is 3.75. The Morgan fingerprint density at radius 3 is 2.67 bits per heavy atom. The molecule has 108 valence electrons. The summed E-state index contributed by atoms with van der Waals surface area (Å²) in [6.07, 6.45) is 0. The lowest BCUT2D eigenvalue weighted by molar-refractivity contribution is 0.0955. The molecule has 0 saturated carbocycles. The molecule has 0 unspecified atom stereocenters. The van der Waals surface area contributed by atoms with Gasteiger partial charge in [-0.1, -0.05) is 45.7 Å². The molecule has 0 heterocycles. The van der Waals surface area contributed by atoms with Gasteiger partial charge in [0.05, 0.1) is 16.3 Å². The molecule has 1 amide bonds. The Morgan fingerprint density at radius 1 is 1.24 bits per heavy atom. The van der Waals surface area contributed by atoms with Crippen LogP contribution in [-0.4, -0.2) is 11.6 Å². The van der Waals surface area contributed by atoms with E-state index in [9.17, 15) is 4.79 Å². The molecule has 2 aromatic carbocycles. The highest BCUT2D eigenvalue weighted by molar-refractivity contribution is 9.10. The van der Waals surface area contributed by atoms with E-state index in [0.717, 1.165) is 15.6 Å². The fourth-order valence-corrected chi connectivity index (χ4v) is 2.50. The molecule has 0 aliphatic carbocycles. The number of aryl methyl sites for hydroxylation is 1. The van der Waals surface area contributed by atoms with Crippen LogP contribution < -0.4 is 5.43 Å². The third kappa shape index (κ3) is 4.16. The Balaban J connectivity index is 2.14. The van der Waals surface area contributed by atoms with E-state index in [2.05, 4.69) is 26.5 Å². The lowest BCUT2D eigenvalue weighted by atomic mass is 10.1. The normalized spacial score (nSPS) is 11.3. The predicted octanol–water partition coefficient (Wildman–Crippen LogP) is 4.56. The van der Waals surface area contributed by atoms with Gasteiger partial charge in [0.1, 0.15) is 0 Å². The Morgan fingerprint density at radius 2 is 2.00 bits per heavy atom. The maximum Gasteiger partial charge on any atom is 0.272 e. The Bertz CT molecular complexity index is 713. The molecule has 5 heteroatoms. The zero-order valence-corrected chi connectivity index (χ0v) is 14.0. The Labute approximate surface area is 137 Å². The van der Waals surface area contributed by atoms with Crippen molar-refractivity contribution in [2.75, 3.05) is 0 Å². The van der Waals surface area contributed by atoms with Crippen LogP contribution in [0.15, 0.2) is 52.0 Å². The van der Waals surface area contributed by atoms with Gasteiger partial charge in [-0.3, -0.25) is 4.79 Å². The molecule has 0 radical (unpaired) electrons. The van der Waals surface area contributed by atoms with E-state index >= 15 is 0 Å². The number of nitrogens with zero attached hydrogens (tertiary/aromatic N) is 1. The van der Waals surface area contributed by atoms with Crippen LogP contribution in [0, 0.1) is 6.92 Å². The molecular formula is C16H14BrClN2O. The number of hydrogen-bond donors (Lipinski definition) is 1. The Hall–Kier alpha value is -1.65. The SMILES string of the molecule is C/C(=N\NC(=O)c1ccc(C)cc1Cl)c1cccc(Br)c1. The lowest BCUT2D eigenvalue weighted by Gasteiger charge is -2.05. The molecule has 0 aromatic heterocycles. The number of hydrogen-bond acceptors (Lipinski definition) is 2. The summed E-state index contributed by atoms with van der Waals surface area (Å²) < 4.78 is 0.961. The van der Waals surface area contributed by atoms with Gasteiger partial charge in [-0.25, -0.2) is 5.43 Å². The number of hydrazone groups is 1. The monoisotopic (exact) mass is 364 g/mol. The van der Waals surface area contributed by atoms with Crippen molar-refractivity contribution in [2.24, 2.45) is 5.10 Å². The largest absolute Gasteiger partial charge is 0.272 e. The first-order chi connectivity index (χ1) is 9.97. The molecule has 0 spiro atoms. The summed E-state index contributed by atoms with van der Waals surface area (Å²) in [5.41, 5.74) is 5.59. The second-order valence-corrected chi connectivity index (χ2v) is 5.95. The van der Waals surface area contributed by atoms with E-state index in [-0.39, 0.29) is 5.91 Å². The zero-order valence-electron chi connectivity index (χ0n) is 11.7. The average molecular weight is 366 g/mol. The van der Waals surface area contributed by atoms with Gasteiger partial charge in [0.2, 0.25) is 0 Å². The van der Waals surface area contributed by atoms with Crippen molar-refractivity contribution in [3.05, 3.63) is 68.7 Å². The molecular weight excluding hydrogens is 352 g/mol. The first-order valence-electron chi connectivity index (χ1n) is 6.34. The van der Waals surface area contributed by atoms with Crippen LogP contribution >= 0.6 is 27.5 Å². The van der Waals surface area contributed by atoms with Gasteiger partial charge in [-0.15, -0.1) is 0 Å². The summed E-state index contributed by atoms with van der Waals surface area (Å²) in [5, 5.41) is 4.53. The van der Waals surface area contributed by atoms with Crippen LogP contribution in [0.1, 0.15) is 28.4 Å². The molecule has 0 fully saturated rings. The van der Waals surface area contributed by atoms with Gasteiger partial charge >= 0.3 is 0 Å². The maximum atomic E-state index is 12.1. The maximum absolute atomic E-state index is 12.1. The van der Waals surface area contributed by atoms with Crippen LogP contribution in [0.3, 0.4) is 0 Å². The predicted molar refractivity (Wildman–Crippen MR) is 90.0 cm³/mol. The van der Waals surface area contributed by atoms with E-state index in [4.69, 9.17) is 11.6 Å². The summed E-state index contributed by atoms with van der Waals surface area (Å²) in [5.74, 6) is -0.325. The third-order valence-corrected chi connectivity index (χ3v) is 3.74. The molecule has 0 saturated heterocycles. The highest BCUT2D eigenvalue weighted by atomic mass is 79.9. The molecule has 0 aliphatic rings. The number of halogens is 2. The summed E-state index contributed by atoms with van der Waals surface area (Å²) in [6, 6.07) is 13.0. The van der Waals surface area contributed by atoms with E-state index in [1.54, 1.807) is 12.1 Å². The van der Waals surface area contributed by atoms with Gasteiger partial charge in [0.25, 0.3) is 5.91 Å².